The number of thiazole rings is 1. The zero-order valence-electron chi connectivity index (χ0n) is 25.4. The van der Waals surface area contributed by atoms with E-state index in [2.05, 4.69) is 31.2 Å². The molecule has 6 rings (SSSR count). The first kappa shape index (κ1) is 33.7. The number of halogens is 4. The lowest BCUT2D eigenvalue weighted by atomic mass is 9.93. The molecule has 1 aliphatic carbocycles. The maximum atomic E-state index is 13.8. The molecule has 1 aliphatic heterocycles. The van der Waals surface area contributed by atoms with E-state index in [-0.39, 0.29) is 27.5 Å². The molecule has 0 radical (unpaired) electrons. The monoisotopic (exact) mass is 700 g/mol. The molecule has 11 nitrogen and oxygen atoms in total. The zero-order valence-corrected chi connectivity index (χ0v) is 26.2. The summed E-state index contributed by atoms with van der Waals surface area (Å²) in [5.41, 5.74) is 3.68. The molecule has 0 fully saturated rings. The van der Waals surface area contributed by atoms with Crippen molar-refractivity contribution in [3.05, 3.63) is 83.4 Å². The van der Waals surface area contributed by atoms with Crippen LogP contribution in [0.1, 0.15) is 47.2 Å². The van der Waals surface area contributed by atoms with E-state index in [4.69, 9.17) is 5.11 Å². The van der Waals surface area contributed by atoms with E-state index in [1.807, 2.05) is 12.1 Å². The average molecular weight is 701 g/mol. The number of carboxylic acid groups (broad SMARTS) is 1. The number of benzene rings is 3. The van der Waals surface area contributed by atoms with Gasteiger partial charge in [0.05, 0.1) is 23.3 Å². The van der Waals surface area contributed by atoms with Crippen LogP contribution in [0.15, 0.2) is 66.7 Å². The summed E-state index contributed by atoms with van der Waals surface area (Å²) in [6.07, 6.45) is -5.17. The minimum absolute atomic E-state index is 0.0263. The molecule has 2 heterocycles. The fourth-order valence-electron chi connectivity index (χ4n) is 5.26. The number of carbonyl (C=O) groups is 3. The van der Waals surface area contributed by atoms with Crippen molar-refractivity contribution in [2.45, 2.75) is 50.5 Å². The standard InChI is InChI=1S/C33H28F4N4O7S/c34-32(35)33(36,37)48-26-15-27-23(14-25(26)47-32)39-30(49-27)40-31(46)41(22-12-10-20(11-13-22)19-4-2-1-3-5-19)17-18-6-8-21(9-7-18)28(43)38-16-24(42)29(44)45/h4,6-15,24,42H,1-3,5,16-17H2,(H,38,43)(H,44,45)(H,39,40,46)/t24-/m1/s1. The maximum Gasteiger partial charge on any atom is 0.507 e. The van der Waals surface area contributed by atoms with Gasteiger partial charge in [-0.25, -0.2) is 14.6 Å². The minimum atomic E-state index is -4.89. The number of aliphatic hydroxyl groups excluding tert-OH is 1. The number of hydrogen-bond acceptors (Lipinski definition) is 8. The van der Waals surface area contributed by atoms with Gasteiger partial charge >= 0.3 is 24.2 Å². The highest BCUT2D eigenvalue weighted by Gasteiger charge is 2.66. The molecule has 16 heteroatoms. The number of ether oxygens (including phenoxy) is 2. The predicted octanol–water partition coefficient (Wildman–Crippen LogP) is 6.62. The van der Waals surface area contributed by atoms with Crippen LogP contribution in [0.4, 0.5) is 33.2 Å². The van der Waals surface area contributed by atoms with Gasteiger partial charge in [0.25, 0.3) is 5.91 Å². The first-order chi connectivity index (χ1) is 23.3. The highest BCUT2D eigenvalue weighted by Crippen LogP contribution is 2.49. The third kappa shape index (κ3) is 7.29. The molecule has 3 amide bonds. The second kappa shape index (κ2) is 13.4. The number of allylic oxidation sites excluding steroid dienone is 2. The quantitative estimate of drug-likeness (QED) is 0.142. The van der Waals surface area contributed by atoms with E-state index in [1.165, 1.54) is 22.6 Å². The number of aliphatic hydroxyl groups is 1. The summed E-state index contributed by atoms with van der Waals surface area (Å²) < 4.78 is 63.6. The van der Waals surface area contributed by atoms with Crippen LogP contribution < -0.4 is 25.0 Å². The van der Waals surface area contributed by atoms with Crippen molar-refractivity contribution in [2.75, 3.05) is 16.8 Å². The van der Waals surface area contributed by atoms with Gasteiger partial charge < -0.3 is 25.0 Å². The lowest BCUT2D eigenvalue weighted by Gasteiger charge is -2.31. The Labute approximate surface area is 279 Å². The van der Waals surface area contributed by atoms with Gasteiger partial charge in [0.1, 0.15) is 0 Å². The van der Waals surface area contributed by atoms with Crippen LogP contribution in [0.5, 0.6) is 11.5 Å². The van der Waals surface area contributed by atoms with E-state index >= 15 is 0 Å². The molecule has 0 saturated heterocycles. The normalized spacial score (nSPS) is 16.7. The molecule has 2 aliphatic rings. The lowest BCUT2D eigenvalue weighted by molar-refractivity contribution is -0.391. The van der Waals surface area contributed by atoms with Gasteiger partial charge in [0.2, 0.25) is 0 Å². The maximum absolute atomic E-state index is 13.8. The van der Waals surface area contributed by atoms with E-state index in [1.54, 1.807) is 24.3 Å². The van der Waals surface area contributed by atoms with Gasteiger partial charge in [0, 0.05) is 23.4 Å². The van der Waals surface area contributed by atoms with E-state index in [9.17, 15) is 37.1 Å². The van der Waals surface area contributed by atoms with Crippen LogP contribution in [-0.2, 0) is 11.3 Å². The van der Waals surface area contributed by atoms with Crippen LogP contribution in [-0.4, -0.2) is 58.0 Å². The molecule has 1 atom stereocenters. The van der Waals surface area contributed by atoms with Crippen molar-refractivity contribution < 1.29 is 51.6 Å². The van der Waals surface area contributed by atoms with Crippen molar-refractivity contribution in [2.24, 2.45) is 0 Å². The molecule has 0 spiro atoms. The van der Waals surface area contributed by atoms with Crippen LogP contribution in [0.2, 0.25) is 0 Å². The van der Waals surface area contributed by atoms with Crippen molar-refractivity contribution in [1.82, 2.24) is 10.3 Å². The Kier molecular flexibility index (Phi) is 9.18. The molecular formula is C33H28F4N4O7S. The molecular weight excluding hydrogens is 672 g/mol. The minimum Gasteiger partial charge on any atom is -0.479 e. The van der Waals surface area contributed by atoms with Crippen LogP contribution >= 0.6 is 11.3 Å². The summed E-state index contributed by atoms with van der Waals surface area (Å²) in [5.74, 6) is -3.30. The Hall–Kier alpha value is -5.22. The number of hydrogen-bond donors (Lipinski definition) is 4. The van der Waals surface area contributed by atoms with Crippen LogP contribution in [0.3, 0.4) is 0 Å². The van der Waals surface area contributed by atoms with Crippen molar-refractivity contribution in [3.8, 4) is 11.5 Å². The van der Waals surface area contributed by atoms with E-state index < -0.39 is 54.3 Å². The third-order valence-corrected chi connectivity index (χ3v) is 8.80. The number of aromatic nitrogens is 1. The fraction of sp³-hybridized carbons (Fsp3) is 0.273. The summed E-state index contributed by atoms with van der Waals surface area (Å²) in [6, 6.07) is 15.1. The highest BCUT2D eigenvalue weighted by atomic mass is 32.1. The molecule has 3 aromatic carbocycles. The number of amides is 3. The molecule has 0 saturated carbocycles. The predicted molar refractivity (Wildman–Crippen MR) is 171 cm³/mol. The number of alkyl halides is 4. The smallest absolute Gasteiger partial charge is 0.479 e. The molecule has 49 heavy (non-hydrogen) atoms. The Morgan fingerprint density at radius 1 is 0.959 bits per heavy atom. The van der Waals surface area contributed by atoms with Gasteiger partial charge in [0.15, 0.2) is 22.7 Å². The number of carboxylic acids is 1. The first-order valence-electron chi connectivity index (χ1n) is 15.0. The highest BCUT2D eigenvalue weighted by molar-refractivity contribution is 7.22. The van der Waals surface area contributed by atoms with Gasteiger partial charge in [-0.3, -0.25) is 15.0 Å². The second-order valence-electron chi connectivity index (χ2n) is 11.3. The Bertz CT molecular complexity index is 1880. The van der Waals surface area contributed by atoms with Gasteiger partial charge in [-0.2, -0.15) is 17.6 Å². The zero-order chi connectivity index (χ0) is 34.9. The van der Waals surface area contributed by atoms with E-state index in [0.717, 1.165) is 54.7 Å². The SMILES string of the molecule is O=C(NC[C@@H](O)C(=O)O)c1ccc(CN(C(=O)Nc2nc3cc4c(cc3s2)OC(F)(F)C(F)(F)O4)c2ccc(C3=CCCCC3)cc2)cc1. The number of carbonyl (C=O) groups excluding carboxylic acids is 2. The molecule has 0 unspecified atom stereocenters. The summed E-state index contributed by atoms with van der Waals surface area (Å²) in [6.45, 7) is -0.456. The second-order valence-corrected chi connectivity index (χ2v) is 12.4. The Morgan fingerprint density at radius 2 is 1.63 bits per heavy atom. The summed E-state index contributed by atoms with van der Waals surface area (Å²) in [5, 5.41) is 23.3. The Morgan fingerprint density at radius 3 is 2.27 bits per heavy atom. The molecule has 4 N–H and O–H groups in total. The van der Waals surface area contributed by atoms with E-state index in [0.29, 0.717) is 11.3 Å². The summed E-state index contributed by atoms with van der Waals surface area (Å²) >= 11 is 0.908. The van der Waals surface area contributed by atoms with Crippen LogP contribution in [0, 0.1) is 0 Å². The Balaban J connectivity index is 1.24. The average Bonchev–Trinajstić information content (AvgIpc) is 3.46. The number of aliphatic carboxylic acids is 1. The fourth-order valence-corrected chi connectivity index (χ4v) is 6.13. The lowest BCUT2D eigenvalue weighted by Crippen LogP contribution is -2.52. The van der Waals surface area contributed by atoms with Gasteiger partial charge in [-0.1, -0.05) is 41.7 Å². The largest absolute Gasteiger partial charge is 0.507 e. The number of nitrogens with one attached hydrogen (secondary N) is 2. The number of urea groups is 1. The van der Waals surface area contributed by atoms with Gasteiger partial charge in [-0.05, 0) is 66.6 Å². The first-order valence-corrected chi connectivity index (χ1v) is 15.9. The number of rotatable bonds is 9. The van der Waals surface area contributed by atoms with Gasteiger partial charge in [-0.15, -0.1) is 0 Å². The molecule has 0 bridgehead atoms. The molecule has 256 valence electrons. The number of nitrogens with zero attached hydrogens (tertiary/aromatic N) is 2. The van der Waals surface area contributed by atoms with Crippen molar-refractivity contribution in [1.29, 1.82) is 0 Å². The number of anilines is 2. The van der Waals surface area contributed by atoms with Crippen LogP contribution in [0.25, 0.3) is 15.8 Å². The molecule has 4 aromatic rings. The summed E-state index contributed by atoms with van der Waals surface area (Å²) in [4.78, 5) is 42.7. The topological polar surface area (TPSA) is 150 Å². The van der Waals surface area contributed by atoms with Crippen molar-refractivity contribution in [3.63, 3.8) is 0 Å². The third-order valence-electron chi connectivity index (χ3n) is 7.87. The summed E-state index contributed by atoms with van der Waals surface area (Å²) in [7, 11) is 0. The number of fused-ring (bicyclic) bond motifs is 2. The van der Waals surface area contributed by atoms with Crippen molar-refractivity contribution >= 4 is 55.9 Å². The molecule has 1 aromatic heterocycles.